The van der Waals surface area contributed by atoms with Crippen molar-refractivity contribution in [1.29, 1.82) is 0 Å². The van der Waals surface area contributed by atoms with Crippen molar-refractivity contribution < 1.29 is 9.53 Å². The molecule has 1 heterocycles. The van der Waals surface area contributed by atoms with Gasteiger partial charge in [0.1, 0.15) is 6.04 Å². The van der Waals surface area contributed by atoms with E-state index in [-0.39, 0.29) is 12.0 Å². The molecule has 0 amide bonds. The Morgan fingerprint density at radius 1 is 1.36 bits per heavy atom. The molecule has 2 fully saturated rings. The first-order chi connectivity index (χ1) is 6.65. The van der Waals surface area contributed by atoms with Crippen LogP contribution < -0.4 is 10.6 Å². The van der Waals surface area contributed by atoms with Crippen LogP contribution in [0.3, 0.4) is 0 Å². The molecule has 14 heavy (non-hydrogen) atoms. The van der Waals surface area contributed by atoms with Gasteiger partial charge < -0.3 is 15.4 Å². The van der Waals surface area contributed by atoms with E-state index >= 15 is 0 Å². The Hall–Kier alpha value is -0.610. The van der Waals surface area contributed by atoms with E-state index < -0.39 is 0 Å². The lowest BCUT2D eigenvalue weighted by Gasteiger charge is -2.33. The van der Waals surface area contributed by atoms with Crippen molar-refractivity contribution in [2.24, 2.45) is 5.41 Å². The lowest BCUT2D eigenvalue weighted by atomic mass is 9.96. The Bertz CT molecular complexity index is 230. The molecule has 1 aliphatic heterocycles. The molecule has 4 heteroatoms. The van der Waals surface area contributed by atoms with Crippen molar-refractivity contribution in [2.45, 2.75) is 31.8 Å². The summed E-state index contributed by atoms with van der Waals surface area (Å²) in [6.45, 7) is 3.86. The summed E-state index contributed by atoms with van der Waals surface area (Å²) in [5.41, 5.74) is 0.466. The van der Waals surface area contributed by atoms with Gasteiger partial charge in [-0.15, -0.1) is 0 Å². The molecule has 0 bridgehead atoms. The van der Waals surface area contributed by atoms with Crippen LogP contribution in [0.4, 0.5) is 0 Å². The first kappa shape index (κ1) is 9.93. The molecule has 0 aromatic heterocycles. The van der Waals surface area contributed by atoms with Gasteiger partial charge in [-0.2, -0.15) is 0 Å². The zero-order chi connectivity index (χ0) is 10.2. The maximum Gasteiger partial charge on any atom is 0.324 e. The van der Waals surface area contributed by atoms with E-state index in [4.69, 9.17) is 0 Å². The average Bonchev–Trinajstić information content (AvgIpc) is 2.97. The molecule has 0 spiro atoms. The molecule has 1 saturated heterocycles. The summed E-state index contributed by atoms with van der Waals surface area (Å²) in [6, 6.07) is 0.349. The molecule has 0 aromatic rings. The van der Waals surface area contributed by atoms with E-state index in [1.165, 1.54) is 20.0 Å². The highest BCUT2D eigenvalue weighted by molar-refractivity contribution is 5.76. The zero-order valence-electron chi connectivity index (χ0n) is 8.80. The number of esters is 1. The van der Waals surface area contributed by atoms with Gasteiger partial charge >= 0.3 is 5.97 Å². The highest BCUT2D eigenvalue weighted by Crippen LogP contribution is 2.48. The Kier molecular flexibility index (Phi) is 2.49. The molecule has 2 N–H and O–H groups in total. The van der Waals surface area contributed by atoms with Crippen molar-refractivity contribution in [1.82, 2.24) is 10.6 Å². The molecular formula is C10H18N2O2. The summed E-state index contributed by atoms with van der Waals surface area (Å²) in [5, 5.41) is 6.65. The highest BCUT2D eigenvalue weighted by Gasteiger charge is 2.46. The molecule has 2 aliphatic rings. The highest BCUT2D eigenvalue weighted by atomic mass is 16.5. The number of piperazine rings is 1. The smallest absolute Gasteiger partial charge is 0.324 e. The van der Waals surface area contributed by atoms with Crippen molar-refractivity contribution in [2.75, 3.05) is 20.2 Å². The fourth-order valence-corrected chi connectivity index (χ4v) is 2.01. The molecule has 1 unspecified atom stereocenters. The van der Waals surface area contributed by atoms with E-state index in [2.05, 4.69) is 22.3 Å². The normalized spacial score (nSPS) is 35.0. The number of carbonyl (C=O) groups is 1. The van der Waals surface area contributed by atoms with Crippen LogP contribution in [0.1, 0.15) is 19.8 Å². The third-order valence-corrected chi connectivity index (χ3v) is 3.50. The van der Waals surface area contributed by atoms with Gasteiger partial charge in [-0.3, -0.25) is 4.79 Å². The quantitative estimate of drug-likeness (QED) is 0.608. The Balaban J connectivity index is 1.83. The van der Waals surface area contributed by atoms with Gasteiger partial charge in [-0.25, -0.2) is 0 Å². The standard InChI is InChI=1S/C10H18N2O2/c1-10(3-4-10)8-6-11-7(5-12-8)9(13)14-2/h7-8,11-12H,3-6H2,1-2H3/t7-,8?/m0/s1. The van der Waals surface area contributed by atoms with Crippen LogP contribution in [0.5, 0.6) is 0 Å². The van der Waals surface area contributed by atoms with Gasteiger partial charge in [-0.1, -0.05) is 6.92 Å². The zero-order valence-corrected chi connectivity index (χ0v) is 8.80. The minimum Gasteiger partial charge on any atom is -0.468 e. The monoisotopic (exact) mass is 198 g/mol. The predicted octanol–water partition coefficient (Wildman–Crippen LogP) is -0.110. The Morgan fingerprint density at radius 3 is 2.50 bits per heavy atom. The van der Waals surface area contributed by atoms with Gasteiger partial charge in [0.05, 0.1) is 7.11 Å². The van der Waals surface area contributed by atoms with Crippen LogP contribution in [-0.4, -0.2) is 38.3 Å². The molecule has 1 saturated carbocycles. The summed E-state index contributed by atoms with van der Waals surface area (Å²) in [5.74, 6) is -0.170. The van der Waals surface area contributed by atoms with Crippen LogP contribution in [0.15, 0.2) is 0 Å². The second kappa shape index (κ2) is 3.51. The van der Waals surface area contributed by atoms with Gasteiger partial charge in [0.15, 0.2) is 0 Å². The van der Waals surface area contributed by atoms with E-state index in [0.717, 1.165) is 6.54 Å². The number of nitrogens with one attached hydrogen (secondary N) is 2. The maximum absolute atomic E-state index is 11.2. The van der Waals surface area contributed by atoms with Gasteiger partial charge in [0, 0.05) is 19.1 Å². The maximum atomic E-state index is 11.2. The summed E-state index contributed by atoms with van der Waals surface area (Å²) >= 11 is 0. The molecular weight excluding hydrogens is 180 g/mol. The average molecular weight is 198 g/mol. The minimum atomic E-state index is -0.170. The van der Waals surface area contributed by atoms with Crippen molar-refractivity contribution in [3.63, 3.8) is 0 Å². The fraction of sp³-hybridized carbons (Fsp3) is 0.900. The lowest BCUT2D eigenvalue weighted by Crippen LogP contribution is -2.59. The van der Waals surface area contributed by atoms with Gasteiger partial charge in [0.25, 0.3) is 0 Å². The van der Waals surface area contributed by atoms with E-state index in [1.807, 2.05) is 0 Å². The van der Waals surface area contributed by atoms with E-state index in [1.54, 1.807) is 0 Å². The van der Waals surface area contributed by atoms with Gasteiger partial charge in [-0.05, 0) is 18.3 Å². The van der Waals surface area contributed by atoms with Crippen LogP contribution >= 0.6 is 0 Å². The predicted molar refractivity (Wildman–Crippen MR) is 52.9 cm³/mol. The fourth-order valence-electron chi connectivity index (χ4n) is 2.01. The van der Waals surface area contributed by atoms with Crippen molar-refractivity contribution in [3.8, 4) is 0 Å². The summed E-state index contributed by atoms with van der Waals surface area (Å²) in [6.07, 6.45) is 2.60. The summed E-state index contributed by atoms with van der Waals surface area (Å²) in [4.78, 5) is 11.2. The lowest BCUT2D eigenvalue weighted by molar-refractivity contribution is -0.143. The molecule has 4 nitrogen and oxygen atoms in total. The molecule has 1 aliphatic carbocycles. The summed E-state index contributed by atoms with van der Waals surface area (Å²) < 4.78 is 4.68. The second-order valence-electron chi connectivity index (χ2n) is 4.60. The largest absolute Gasteiger partial charge is 0.468 e. The molecule has 0 aromatic carbocycles. The molecule has 0 radical (unpaired) electrons. The van der Waals surface area contributed by atoms with Crippen LogP contribution in [-0.2, 0) is 9.53 Å². The topological polar surface area (TPSA) is 50.4 Å². The third-order valence-electron chi connectivity index (χ3n) is 3.50. The molecule has 2 rings (SSSR count). The SMILES string of the molecule is COC(=O)[C@@H]1CNC(C2(C)CC2)CN1. The number of rotatable bonds is 2. The molecule has 2 atom stereocenters. The number of hydrogen-bond acceptors (Lipinski definition) is 4. The minimum absolute atomic E-state index is 0.168. The first-order valence-corrected chi connectivity index (χ1v) is 5.20. The Labute approximate surface area is 84.4 Å². The third kappa shape index (κ3) is 1.77. The van der Waals surface area contributed by atoms with E-state index in [0.29, 0.717) is 18.0 Å². The van der Waals surface area contributed by atoms with E-state index in [9.17, 15) is 4.79 Å². The van der Waals surface area contributed by atoms with Crippen LogP contribution in [0.25, 0.3) is 0 Å². The van der Waals surface area contributed by atoms with Crippen LogP contribution in [0, 0.1) is 5.41 Å². The van der Waals surface area contributed by atoms with Crippen LogP contribution in [0.2, 0.25) is 0 Å². The number of hydrogen-bond donors (Lipinski definition) is 2. The van der Waals surface area contributed by atoms with Gasteiger partial charge in [0.2, 0.25) is 0 Å². The second-order valence-corrected chi connectivity index (χ2v) is 4.60. The number of methoxy groups -OCH3 is 1. The number of carbonyl (C=O) groups excluding carboxylic acids is 1. The molecule has 80 valence electrons. The summed E-state index contributed by atoms with van der Waals surface area (Å²) in [7, 11) is 1.43. The van der Waals surface area contributed by atoms with Crippen molar-refractivity contribution in [3.05, 3.63) is 0 Å². The Morgan fingerprint density at radius 2 is 2.07 bits per heavy atom. The first-order valence-electron chi connectivity index (χ1n) is 5.20. The number of ether oxygens (including phenoxy) is 1. The van der Waals surface area contributed by atoms with Crippen molar-refractivity contribution >= 4 is 5.97 Å².